The van der Waals surface area contributed by atoms with Crippen molar-refractivity contribution < 1.29 is 9.84 Å². The highest BCUT2D eigenvalue weighted by molar-refractivity contribution is 5.44. The Bertz CT molecular complexity index is 710. The second-order valence-corrected chi connectivity index (χ2v) is 10.4. The minimum atomic E-state index is -0.440. The van der Waals surface area contributed by atoms with Gasteiger partial charge in [-0.05, 0) is 115 Å². The summed E-state index contributed by atoms with van der Waals surface area (Å²) >= 11 is 0. The molecule has 0 radical (unpaired) electrons. The number of rotatable bonds is 11. The van der Waals surface area contributed by atoms with Crippen LogP contribution in [0.5, 0.6) is 0 Å². The molecule has 0 spiro atoms. The molecule has 2 aliphatic rings. The van der Waals surface area contributed by atoms with E-state index in [-0.39, 0.29) is 11.2 Å². The second-order valence-electron chi connectivity index (χ2n) is 10.4. The summed E-state index contributed by atoms with van der Waals surface area (Å²) in [4.78, 5) is 0. The fraction of sp³-hybridized carbons (Fsp3) is 0.724. The highest BCUT2D eigenvalue weighted by Gasteiger charge is 2.48. The Kier molecular flexibility index (Phi) is 9.83. The molecule has 0 saturated carbocycles. The van der Waals surface area contributed by atoms with Crippen LogP contribution in [0, 0.1) is 5.92 Å². The first-order valence-corrected chi connectivity index (χ1v) is 12.7. The van der Waals surface area contributed by atoms with Gasteiger partial charge in [0, 0.05) is 0 Å². The second kappa shape index (κ2) is 11.7. The van der Waals surface area contributed by atoms with Gasteiger partial charge in [0.2, 0.25) is 0 Å². The summed E-state index contributed by atoms with van der Waals surface area (Å²) in [6, 6.07) is 0. The summed E-state index contributed by atoms with van der Waals surface area (Å²) < 4.78 is 6.93. The number of aliphatic hydroxyl groups is 1. The van der Waals surface area contributed by atoms with Gasteiger partial charge >= 0.3 is 0 Å². The van der Waals surface area contributed by atoms with Gasteiger partial charge < -0.3 is 9.84 Å². The minimum Gasteiger partial charge on any atom is -0.385 e. The number of hydrogen-bond donors (Lipinski definition) is 1. The van der Waals surface area contributed by atoms with Crippen molar-refractivity contribution in [2.45, 2.75) is 130 Å². The lowest BCUT2D eigenvalue weighted by molar-refractivity contribution is -0.144. The molecular weight excluding hydrogens is 380 g/mol. The molecule has 2 nitrogen and oxygen atoms in total. The zero-order chi connectivity index (χ0) is 23.1. The topological polar surface area (TPSA) is 29.5 Å². The molecule has 1 fully saturated rings. The van der Waals surface area contributed by atoms with Gasteiger partial charge in [0.1, 0.15) is 5.60 Å². The summed E-state index contributed by atoms with van der Waals surface area (Å²) in [7, 11) is 0. The quantitative estimate of drug-likeness (QED) is 0.336. The van der Waals surface area contributed by atoms with Crippen molar-refractivity contribution >= 4 is 0 Å². The van der Waals surface area contributed by atoms with E-state index in [9.17, 15) is 5.11 Å². The largest absolute Gasteiger partial charge is 0.385 e. The summed E-state index contributed by atoms with van der Waals surface area (Å²) in [5.41, 5.74) is 4.76. The van der Waals surface area contributed by atoms with Crippen LogP contribution in [0.4, 0.5) is 0 Å². The Morgan fingerprint density at radius 2 is 2.03 bits per heavy atom. The minimum absolute atomic E-state index is 0.0693. The third-order valence-corrected chi connectivity index (χ3v) is 7.86. The summed E-state index contributed by atoms with van der Waals surface area (Å²) in [6.07, 6.45) is 20.0. The van der Waals surface area contributed by atoms with Crippen LogP contribution in [-0.2, 0) is 4.74 Å². The molecule has 176 valence electrons. The van der Waals surface area contributed by atoms with Gasteiger partial charge in [-0.1, -0.05) is 50.5 Å². The molecule has 31 heavy (non-hydrogen) atoms. The van der Waals surface area contributed by atoms with Gasteiger partial charge in [0.05, 0.1) is 11.7 Å². The zero-order valence-corrected chi connectivity index (χ0v) is 21.4. The molecule has 0 bridgehead atoms. The third kappa shape index (κ3) is 6.68. The van der Waals surface area contributed by atoms with E-state index in [0.29, 0.717) is 0 Å². The maximum Gasteiger partial charge on any atom is 0.111 e. The molecule has 4 unspecified atom stereocenters. The van der Waals surface area contributed by atoms with Crippen LogP contribution in [0.2, 0.25) is 0 Å². The van der Waals surface area contributed by atoms with E-state index in [4.69, 9.17) is 4.74 Å². The molecule has 1 saturated heterocycles. The molecule has 0 amide bonds. The maximum absolute atomic E-state index is 10.4. The lowest BCUT2D eigenvalue weighted by Crippen LogP contribution is -2.51. The van der Waals surface area contributed by atoms with Crippen molar-refractivity contribution in [3.63, 3.8) is 0 Å². The SMILES string of the molecule is CC=CCC/C(C)=C/CCC(C)CCCC1(C)CCC2=CC(O)C(C)=C(C)C2(CC)O1. The van der Waals surface area contributed by atoms with Crippen molar-refractivity contribution in [3.8, 4) is 0 Å². The Hall–Kier alpha value is -1.12. The average Bonchev–Trinajstić information content (AvgIpc) is 2.73. The molecule has 2 rings (SSSR count). The van der Waals surface area contributed by atoms with Gasteiger partial charge in [-0.2, -0.15) is 0 Å². The number of aliphatic hydroxyl groups excluding tert-OH is 1. The van der Waals surface area contributed by atoms with E-state index in [1.807, 2.05) is 0 Å². The smallest absolute Gasteiger partial charge is 0.111 e. The molecule has 1 aliphatic heterocycles. The number of fused-ring (bicyclic) bond motifs is 1. The first-order valence-electron chi connectivity index (χ1n) is 12.7. The Morgan fingerprint density at radius 3 is 2.71 bits per heavy atom. The predicted octanol–water partition coefficient (Wildman–Crippen LogP) is 8.23. The normalized spacial score (nSPS) is 30.5. The van der Waals surface area contributed by atoms with Crippen molar-refractivity contribution in [1.29, 1.82) is 0 Å². The van der Waals surface area contributed by atoms with E-state index in [1.54, 1.807) is 0 Å². The standard InChI is InChI=1S/C29H48O2/c1-8-10-11-14-22(3)15-12-16-23(4)17-13-19-28(7)20-18-26-21-27(30)24(5)25(6)29(26,9-2)31-28/h8,10,15,21,23,27,30H,9,11-14,16-20H2,1-7H3/b10-8?,22-15+. The monoisotopic (exact) mass is 428 g/mol. The van der Waals surface area contributed by atoms with E-state index in [2.05, 4.69) is 72.8 Å². The molecule has 0 aromatic carbocycles. The number of allylic oxidation sites excluding steroid dienone is 4. The highest BCUT2D eigenvalue weighted by Crippen LogP contribution is 2.50. The number of ether oxygens (including phenoxy) is 1. The zero-order valence-electron chi connectivity index (χ0n) is 21.4. The maximum atomic E-state index is 10.4. The molecule has 4 atom stereocenters. The van der Waals surface area contributed by atoms with E-state index in [0.717, 1.165) is 43.6 Å². The Labute approximate surface area is 192 Å². The molecule has 2 heteroatoms. The number of hydrogen-bond acceptors (Lipinski definition) is 2. The fourth-order valence-electron chi connectivity index (χ4n) is 5.43. The van der Waals surface area contributed by atoms with Crippen LogP contribution in [0.1, 0.15) is 113 Å². The summed E-state index contributed by atoms with van der Waals surface area (Å²) in [5, 5.41) is 10.4. The van der Waals surface area contributed by atoms with Gasteiger partial charge in [0.15, 0.2) is 0 Å². The molecule has 0 aromatic rings. The van der Waals surface area contributed by atoms with Crippen LogP contribution >= 0.6 is 0 Å². The van der Waals surface area contributed by atoms with E-state index >= 15 is 0 Å². The Morgan fingerprint density at radius 1 is 1.29 bits per heavy atom. The van der Waals surface area contributed by atoms with Gasteiger partial charge in [-0.3, -0.25) is 0 Å². The van der Waals surface area contributed by atoms with Gasteiger partial charge in [-0.25, -0.2) is 0 Å². The van der Waals surface area contributed by atoms with Gasteiger partial charge in [0.25, 0.3) is 0 Å². The van der Waals surface area contributed by atoms with E-state index < -0.39 is 6.10 Å². The van der Waals surface area contributed by atoms with Crippen molar-refractivity contribution in [2.75, 3.05) is 0 Å². The van der Waals surface area contributed by atoms with Crippen molar-refractivity contribution in [3.05, 3.63) is 46.6 Å². The van der Waals surface area contributed by atoms with Crippen molar-refractivity contribution in [2.24, 2.45) is 5.92 Å². The van der Waals surface area contributed by atoms with Crippen LogP contribution in [-0.4, -0.2) is 22.4 Å². The molecule has 1 aliphatic carbocycles. The Balaban J connectivity index is 1.84. The predicted molar refractivity (Wildman–Crippen MR) is 134 cm³/mol. The molecular formula is C29H48O2. The lowest BCUT2D eigenvalue weighted by atomic mass is 9.70. The third-order valence-electron chi connectivity index (χ3n) is 7.86. The lowest BCUT2D eigenvalue weighted by Gasteiger charge is -2.51. The summed E-state index contributed by atoms with van der Waals surface area (Å²) in [6.45, 7) is 15.5. The molecule has 0 aromatic heterocycles. The van der Waals surface area contributed by atoms with Crippen LogP contribution in [0.15, 0.2) is 46.6 Å². The molecule has 1 N–H and O–H groups in total. The van der Waals surface area contributed by atoms with Crippen molar-refractivity contribution in [1.82, 2.24) is 0 Å². The first kappa shape index (κ1) is 26.1. The van der Waals surface area contributed by atoms with E-state index in [1.165, 1.54) is 48.8 Å². The van der Waals surface area contributed by atoms with Crippen LogP contribution < -0.4 is 0 Å². The van der Waals surface area contributed by atoms with Crippen LogP contribution in [0.25, 0.3) is 0 Å². The van der Waals surface area contributed by atoms with Crippen LogP contribution in [0.3, 0.4) is 0 Å². The molecule has 1 heterocycles. The first-order chi connectivity index (χ1) is 14.7. The highest BCUT2D eigenvalue weighted by atomic mass is 16.5. The average molecular weight is 429 g/mol. The van der Waals surface area contributed by atoms with Gasteiger partial charge in [-0.15, -0.1) is 0 Å². The fourth-order valence-corrected chi connectivity index (χ4v) is 5.43. The summed E-state index contributed by atoms with van der Waals surface area (Å²) in [5.74, 6) is 0.760.